The van der Waals surface area contributed by atoms with E-state index in [1.165, 1.54) is 0 Å². The van der Waals surface area contributed by atoms with E-state index in [-0.39, 0.29) is 11.9 Å². The van der Waals surface area contributed by atoms with Gasteiger partial charge in [-0.15, -0.1) is 0 Å². The summed E-state index contributed by atoms with van der Waals surface area (Å²) in [5, 5.41) is 7.89. The Bertz CT molecular complexity index is 1140. The number of hydrogen-bond acceptors (Lipinski definition) is 6. The molecule has 2 aliphatic rings. The van der Waals surface area contributed by atoms with E-state index in [4.69, 9.17) is 14.5 Å². The van der Waals surface area contributed by atoms with Gasteiger partial charge in [-0.2, -0.15) is 10.1 Å². The molecule has 2 aliphatic heterocycles. The lowest BCUT2D eigenvalue weighted by molar-refractivity contribution is -0.137. The van der Waals surface area contributed by atoms with Crippen molar-refractivity contribution in [2.45, 2.75) is 25.5 Å². The second-order valence-electron chi connectivity index (χ2n) is 7.74. The molecular weight excluding hydrogens is 394 g/mol. The summed E-state index contributed by atoms with van der Waals surface area (Å²) >= 11 is 0. The van der Waals surface area contributed by atoms with Gasteiger partial charge in [0.1, 0.15) is 12.7 Å². The summed E-state index contributed by atoms with van der Waals surface area (Å²) < 4.78 is 13.4. The molecule has 2 aromatic heterocycles. The second kappa shape index (κ2) is 8.03. The lowest BCUT2D eigenvalue weighted by atomic mass is 10.0. The highest BCUT2D eigenvalue weighted by Gasteiger charge is 2.40. The molecule has 160 valence electrons. The molecule has 1 saturated heterocycles. The van der Waals surface area contributed by atoms with Gasteiger partial charge in [-0.3, -0.25) is 4.79 Å². The van der Waals surface area contributed by atoms with E-state index >= 15 is 0 Å². The Morgan fingerprint density at radius 2 is 2.29 bits per heavy atom. The molecule has 1 aromatic carbocycles. The molecule has 1 N–H and O–H groups in total. The van der Waals surface area contributed by atoms with Crippen molar-refractivity contribution >= 4 is 23.3 Å². The zero-order chi connectivity index (χ0) is 21.4. The van der Waals surface area contributed by atoms with Crippen LogP contribution in [-0.4, -0.2) is 63.9 Å². The highest BCUT2D eigenvalue weighted by molar-refractivity contribution is 5.84. The molecule has 8 heteroatoms. The highest BCUT2D eigenvalue weighted by Crippen LogP contribution is 2.30. The largest absolute Gasteiger partial charge is 0.475 e. The van der Waals surface area contributed by atoms with Gasteiger partial charge in [-0.1, -0.05) is 12.7 Å². The van der Waals surface area contributed by atoms with Crippen LogP contribution in [0.1, 0.15) is 18.9 Å². The number of amides is 1. The fourth-order valence-electron chi connectivity index (χ4n) is 4.30. The van der Waals surface area contributed by atoms with Crippen LogP contribution in [0.2, 0.25) is 0 Å². The van der Waals surface area contributed by atoms with Crippen LogP contribution in [0.4, 0.5) is 5.69 Å². The molecule has 4 bridgehead atoms. The first kappa shape index (κ1) is 19.6. The number of nitrogens with one attached hydrogen (secondary N) is 1. The van der Waals surface area contributed by atoms with Gasteiger partial charge in [0.25, 0.3) is 5.91 Å². The van der Waals surface area contributed by atoms with Gasteiger partial charge in [0.05, 0.1) is 12.2 Å². The number of benzene rings is 1. The van der Waals surface area contributed by atoms with Crippen LogP contribution in [0.25, 0.3) is 22.9 Å². The van der Waals surface area contributed by atoms with Crippen molar-refractivity contribution in [2.24, 2.45) is 0 Å². The quantitative estimate of drug-likeness (QED) is 0.703. The van der Waals surface area contributed by atoms with Crippen molar-refractivity contribution in [1.82, 2.24) is 19.5 Å². The van der Waals surface area contributed by atoms with Crippen molar-refractivity contribution in [3.63, 3.8) is 0 Å². The molecule has 1 amide bonds. The number of aromatic nitrogens is 3. The van der Waals surface area contributed by atoms with Crippen LogP contribution in [-0.2, 0) is 9.53 Å². The summed E-state index contributed by atoms with van der Waals surface area (Å²) in [6.07, 6.45) is 5.67. The average Bonchev–Trinajstić information content (AvgIpc) is 3.33. The molecule has 0 aliphatic carbocycles. The summed E-state index contributed by atoms with van der Waals surface area (Å²) in [5.74, 6) is 0.531. The number of fused-ring (bicyclic) bond motifs is 5. The fraction of sp³-hybridized carbons (Fsp3) is 0.348. The van der Waals surface area contributed by atoms with Gasteiger partial charge in [-0.25, -0.2) is 4.52 Å². The summed E-state index contributed by atoms with van der Waals surface area (Å²) in [5.41, 5.74) is 4.57. The zero-order valence-corrected chi connectivity index (χ0v) is 17.5. The maximum Gasteiger partial charge on any atom is 0.252 e. The lowest BCUT2D eigenvalue weighted by Gasteiger charge is -2.25. The third-order valence-electron chi connectivity index (χ3n) is 5.80. The predicted octanol–water partition coefficient (Wildman–Crippen LogP) is 2.85. The smallest absolute Gasteiger partial charge is 0.252 e. The summed E-state index contributed by atoms with van der Waals surface area (Å²) in [4.78, 5) is 19.4. The molecule has 0 saturated carbocycles. The number of anilines is 1. The molecule has 0 radical (unpaired) electrons. The standard InChI is InChI=1S/C23H25N5O3/c1-3-15-9-16-11-17(10-15)24-6-8-27-18(12-20(23(27)29)30-4-2)14-31-21-5-7-28-22(26-21)19(16)13-25-28/h3,5,7,9-11,13,18,20,24H,1,4,6,8,12,14H2,2H3/t18-,20+/m0/s1. The van der Waals surface area contributed by atoms with Crippen LogP contribution < -0.4 is 10.1 Å². The van der Waals surface area contributed by atoms with Gasteiger partial charge in [-0.05, 0) is 36.2 Å². The molecule has 31 heavy (non-hydrogen) atoms. The Balaban J connectivity index is 1.56. The molecule has 0 unspecified atom stereocenters. The Kier molecular flexibility index (Phi) is 5.07. The first-order valence-electron chi connectivity index (χ1n) is 10.6. The van der Waals surface area contributed by atoms with Gasteiger partial charge in [0, 0.05) is 49.6 Å². The number of hydrogen-bond donors (Lipinski definition) is 1. The SMILES string of the molecule is C=Cc1cc2cc(c1)-c1cnn3ccc(nc13)OC[C@@H]1C[C@@H](OCC)C(=O)N1CCN2. The third-order valence-corrected chi connectivity index (χ3v) is 5.80. The molecule has 0 spiro atoms. The normalized spacial score (nSPS) is 20.8. The van der Waals surface area contributed by atoms with Crippen molar-refractivity contribution in [2.75, 3.05) is 31.6 Å². The zero-order valence-electron chi connectivity index (χ0n) is 17.5. The first-order chi connectivity index (χ1) is 15.2. The Morgan fingerprint density at radius 1 is 1.39 bits per heavy atom. The fourth-order valence-corrected chi connectivity index (χ4v) is 4.30. The minimum atomic E-state index is -0.415. The van der Waals surface area contributed by atoms with E-state index in [9.17, 15) is 4.79 Å². The van der Waals surface area contributed by atoms with Gasteiger partial charge in [0.2, 0.25) is 5.88 Å². The molecular formula is C23H25N5O3. The molecule has 2 atom stereocenters. The first-order valence-corrected chi connectivity index (χ1v) is 10.6. The Morgan fingerprint density at radius 3 is 3.13 bits per heavy atom. The predicted molar refractivity (Wildman–Crippen MR) is 118 cm³/mol. The molecule has 1 fully saturated rings. The molecule has 3 aromatic rings. The lowest BCUT2D eigenvalue weighted by Crippen LogP contribution is -2.41. The van der Waals surface area contributed by atoms with Crippen molar-refractivity contribution in [1.29, 1.82) is 0 Å². The van der Waals surface area contributed by atoms with Crippen molar-refractivity contribution < 1.29 is 14.3 Å². The Hall–Kier alpha value is -3.39. The minimum Gasteiger partial charge on any atom is -0.475 e. The van der Waals surface area contributed by atoms with E-state index in [0.29, 0.717) is 44.3 Å². The van der Waals surface area contributed by atoms with Crippen LogP contribution in [0.3, 0.4) is 0 Å². The summed E-state index contributed by atoms with van der Waals surface area (Å²) in [6, 6.07) is 7.90. The van der Waals surface area contributed by atoms with E-state index in [1.54, 1.807) is 10.6 Å². The van der Waals surface area contributed by atoms with Crippen molar-refractivity contribution in [3.8, 4) is 17.0 Å². The average molecular weight is 419 g/mol. The number of rotatable bonds is 3. The number of carbonyl (C=O) groups excluding carboxylic acids is 1. The molecule has 5 rings (SSSR count). The topological polar surface area (TPSA) is 81.0 Å². The van der Waals surface area contributed by atoms with Crippen molar-refractivity contribution in [3.05, 3.63) is 48.8 Å². The van der Waals surface area contributed by atoms with Gasteiger partial charge in [0.15, 0.2) is 5.65 Å². The van der Waals surface area contributed by atoms with E-state index < -0.39 is 6.10 Å². The number of nitrogens with zero attached hydrogens (tertiary/aromatic N) is 4. The number of ether oxygens (including phenoxy) is 2. The van der Waals surface area contributed by atoms with E-state index in [0.717, 1.165) is 22.4 Å². The van der Waals surface area contributed by atoms with Crippen LogP contribution in [0, 0.1) is 0 Å². The van der Waals surface area contributed by atoms with E-state index in [1.807, 2.05) is 36.4 Å². The minimum absolute atomic E-state index is 0.0198. The molecule has 4 heterocycles. The van der Waals surface area contributed by atoms with E-state index in [2.05, 4.69) is 29.1 Å². The Labute approximate surface area is 180 Å². The maximum atomic E-state index is 12.9. The maximum absolute atomic E-state index is 12.9. The monoisotopic (exact) mass is 419 g/mol. The highest BCUT2D eigenvalue weighted by atomic mass is 16.5. The van der Waals surface area contributed by atoms with Gasteiger partial charge < -0.3 is 19.7 Å². The van der Waals surface area contributed by atoms with Crippen LogP contribution >= 0.6 is 0 Å². The third kappa shape index (κ3) is 3.63. The summed E-state index contributed by atoms with van der Waals surface area (Å²) in [7, 11) is 0. The second-order valence-corrected chi connectivity index (χ2v) is 7.74. The van der Waals surface area contributed by atoms with Crippen LogP contribution in [0.5, 0.6) is 5.88 Å². The molecule has 8 nitrogen and oxygen atoms in total. The summed E-state index contributed by atoms with van der Waals surface area (Å²) in [6.45, 7) is 7.89. The number of carbonyl (C=O) groups is 1. The van der Waals surface area contributed by atoms with Gasteiger partial charge >= 0.3 is 0 Å². The van der Waals surface area contributed by atoms with Crippen LogP contribution in [0.15, 0.2) is 43.2 Å².